The van der Waals surface area contributed by atoms with Crippen molar-refractivity contribution in [2.24, 2.45) is 0 Å². The molecule has 2 N–H and O–H groups in total. The monoisotopic (exact) mass is 857 g/mol. The zero-order chi connectivity index (χ0) is 36.3. The third-order valence-electron chi connectivity index (χ3n) is 1.30. The fraction of sp³-hybridized carbons (Fsp3) is 0.704. The van der Waals surface area contributed by atoms with Crippen molar-refractivity contribution < 1.29 is 58.4 Å². The molecule has 0 bridgehead atoms. The van der Waals surface area contributed by atoms with E-state index in [-0.39, 0.29) is 41.8 Å². The van der Waals surface area contributed by atoms with E-state index in [1.54, 1.807) is 0 Å². The van der Waals surface area contributed by atoms with Crippen LogP contribution in [0.2, 0.25) is 0 Å². The smallest absolute Gasteiger partial charge is 0.304 e. The van der Waals surface area contributed by atoms with Crippen LogP contribution in [0.15, 0.2) is 12.2 Å². The van der Waals surface area contributed by atoms with Gasteiger partial charge in [0.05, 0.1) is 6.10 Å². The van der Waals surface area contributed by atoms with Crippen LogP contribution in [-0.4, -0.2) is 68.1 Å². The molecule has 262 valence electrons. The Balaban J connectivity index is -0.0000000370. The molecule has 0 spiro atoms. The first kappa shape index (κ1) is 68.0. The molecule has 0 fully saturated rings. The molecule has 0 aliphatic heterocycles. The molecular formula is C27H57I2NO13. The molecule has 0 saturated heterocycles. The van der Waals surface area contributed by atoms with E-state index in [0.29, 0.717) is 0 Å². The third kappa shape index (κ3) is 497. The zero-order valence-corrected chi connectivity index (χ0v) is 32.9. The van der Waals surface area contributed by atoms with Crippen molar-refractivity contribution in [1.29, 1.82) is 0 Å². The van der Waals surface area contributed by atoms with Crippen molar-refractivity contribution in [2.45, 2.75) is 123 Å². The van der Waals surface area contributed by atoms with Gasteiger partial charge in [-0.3, -0.25) is 24.0 Å². The normalized spacial score (nSPS) is 8.02. The third-order valence-corrected chi connectivity index (χ3v) is 1.30. The Kier molecular flexibility index (Phi) is 107. The molecule has 0 aromatic rings. The summed E-state index contributed by atoms with van der Waals surface area (Å²) < 4.78 is 10.1. The van der Waals surface area contributed by atoms with Crippen LogP contribution in [0.4, 0.5) is 0 Å². The average molecular weight is 858 g/mol. The van der Waals surface area contributed by atoms with Crippen molar-refractivity contribution in [3.8, 4) is 0 Å². The van der Waals surface area contributed by atoms with E-state index in [4.69, 9.17) is 24.6 Å². The molecule has 0 aromatic carbocycles. The maximum atomic E-state index is 10.1. The minimum absolute atomic E-state index is 0. The van der Waals surface area contributed by atoms with E-state index in [1.807, 2.05) is 39.8 Å². The highest BCUT2D eigenvalue weighted by atomic mass is 127. The molecule has 0 amide bonds. The lowest BCUT2D eigenvalue weighted by Crippen LogP contribution is -2.19. The van der Waals surface area contributed by atoms with E-state index < -0.39 is 29.3 Å². The first-order chi connectivity index (χ1) is 19.0. The van der Waals surface area contributed by atoms with Gasteiger partial charge in [-0.2, -0.15) is 0 Å². The first-order valence-electron chi connectivity index (χ1n) is 12.6. The second-order valence-electron chi connectivity index (χ2n) is 6.99. The van der Waals surface area contributed by atoms with Gasteiger partial charge >= 0.3 is 11.9 Å². The molecule has 0 rings (SSSR count). The van der Waals surface area contributed by atoms with E-state index in [9.17, 15) is 24.5 Å². The first-order valence-corrected chi connectivity index (χ1v) is 14.1. The number of alkyl halides is 1. The second kappa shape index (κ2) is 67.4. The number of aliphatic carboxylic acids is 2. The number of ether oxygens (including phenoxy) is 2. The highest BCUT2D eigenvalue weighted by molar-refractivity contribution is 14.1. The standard InChI is InChI=1S/C5H10O2.C4H7NO5.C4H8.C3H6O.C3H8.C2H5I.2C2H4O2.C2H4O.HI/c1-4(2)7-5(3)6;1-3(6)9-4(2)10-5(7)8;1-3-4-2;1-3(2)4;1-3-2;1-2-3;2*1-2(3)4;1-2-3;/h4H,1-3H3;4H,1-2H3;3-4H,1-2H3;1-2H3;3H2,1-2H3;2H2,1H3;2*1H3,(H,3,4);2H,1H3;1H. The molecule has 16 heteroatoms. The van der Waals surface area contributed by atoms with Gasteiger partial charge < -0.3 is 29.3 Å². The minimum Gasteiger partial charge on any atom is -0.481 e. The Bertz CT molecular complexity index is 596. The van der Waals surface area contributed by atoms with Crippen LogP contribution in [-0.2, 0) is 43.1 Å². The summed E-state index contributed by atoms with van der Waals surface area (Å²) in [6, 6.07) is 0. The predicted molar refractivity (Wildman–Crippen MR) is 187 cm³/mol. The largest absolute Gasteiger partial charge is 0.481 e. The topological polar surface area (TPSA) is 214 Å². The molecule has 0 aromatic heterocycles. The van der Waals surface area contributed by atoms with Gasteiger partial charge in [0.25, 0.3) is 17.0 Å². The van der Waals surface area contributed by atoms with E-state index in [2.05, 4.69) is 57.7 Å². The summed E-state index contributed by atoms with van der Waals surface area (Å²) in [5.74, 6) is -2.33. The lowest BCUT2D eigenvalue weighted by Gasteiger charge is -2.07. The number of hydrogen-bond acceptors (Lipinski definition) is 11. The number of carboxylic acid groups (broad SMARTS) is 2. The van der Waals surface area contributed by atoms with Crippen molar-refractivity contribution in [2.75, 3.05) is 4.43 Å². The molecule has 0 aliphatic carbocycles. The Morgan fingerprint density at radius 1 is 0.791 bits per heavy atom. The van der Waals surface area contributed by atoms with Gasteiger partial charge in [-0.05, 0) is 59.8 Å². The number of Topliss-reactive ketones (excluding diaryl/α,β-unsaturated/α-hetero) is 1. The zero-order valence-electron chi connectivity index (χ0n) is 28.4. The van der Waals surface area contributed by atoms with Gasteiger partial charge in [-0.15, -0.1) is 34.1 Å². The summed E-state index contributed by atoms with van der Waals surface area (Å²) in [4.78, 5) is 69.8. The number of hydrogen-bond donors (Lipinski definition) is 2. The number of carboxylic acids is 2. The summed E-state index contributed by atoms with van der Waals surface area (Å²) in [5, 5.41) is 23.4. The number of halogens is 2. The van der Waals surface area contributed by atoms with Gasteiger partial charge in [-0.25, -0.2) is 0 Å². The lowest BCUT2D eigenvalue weighted by molar-refractivity contribution is -0.777. The molecular weight excluding hydrogens is 800 g/mol. The van der Waals surface area contributed by atoms with Crippen molar-refractivity contribution in [1.82, 2.24) is 0 Å². The Morgan fingerprint density at radius 2 is 0.977 bits per heavy atom. The van der Waals surface area contributed by atoms with Gasteiger partial charge in [0.1, 0.15) is 12.1 Å². The van der Waals surface area contributed by atoms with Gasteiger partial charge in [0.15, 0.2) is 0 Å². The van der Waals surface area contributed by atoms with Crippen LogP contribution in [0.1, 0.15) is 110 Å². The van der Waals surface area contributed by atoms with Crippen molar-refractivity contribution >= 4 is 82.5 Å². The van der Waals surface area contributed by atoms with Gasteiger partial charge in [0.2, 0.25) is 6.29 Å². The number of rotatable bonds is 4. The summed E-state index contributed by atoms with van der Waals surface area (Å²) in [7, 11) is 0. The van der Waals surface area contributed by atoms with Crippen LogP contribution in [0.25, 0.3) is 0 Å². The number of ketones is 1. The van der Waals surface area contributed by atoms with Gasteiger partial charge in [-0.1, -0.05) is 61.9 Å². The summed E-state index contributed by atoms with van der Waals surface area (Å²) in [6.07, 6.45) is 4.89. The van der Waals surface area contributed by atoms with E-state index in [1.165, 1.54) is 45.5 Å². The molecule has 0 aliphatic rings. The van der Waals surface area contributed by atoms with Crippen LogP contribution >= 0.6 is 46.6 Å². The predicted octanol–water partition coefficient (Wildman–Crippen LogP) is 7.10. The van der Waals surface area contributed by atoms with Gasteiger partial charge in [0, 0.05) is 27.7 Å². The van der Waals surface area contributed by atoms with Crippen molar-refractivity contribution in [3.05, 3.63) is 22.3 Å². The second-order valence-corrected chi connectivity index (χ2v) is 8.51. The molecule has 1 unspecified atom stereocenters. The Labute approximate surface area is 288 Å². The SMILES string of the molecule is CC(=O)O.CC(=O)O.CC(=O)OC(C)C.CC(=O)OC(C)O[N+](=O)[O-].CC(C)=O.CC=CC.CC=O.CCC.CCI.I. The number of nitrogens with zero attached hydrogens (tertiary/aromatic N) is 1. The van der Waals surface area contributed by atoms with Crippen molar-refractivity contribution in [3.63, 3.8) is 0 Å². The van der Waals surface area contributed by atoms with E-state index in [0.717, 1.165) is 27.1 Å². The lowest BCUT2D eigenvalue weighted by atomic mass is 10.5. The summed E-state index contributed by atoms with van der Waals surface area (Å²) in [6.45, 7) is 24.5. The van der Waals surface area contributed by atoms with Crippen LogP contribution in [0.3, 0.4) is 0 Å². The fourth-order valence-corrected chi connectivity index (χ4v) is 0.708. The average Bonchev–Trinajstić information content (AvgIpc) is 2.72. The van der Waals surface area contributed by atoms with E-state index >= 15 is 0 Å². The highest BCUT2D eigenvalue weighted by Crippen LogP contribution is 1.92. The number of allylic oxidation sites excluding steroid dienone is 2. The molecule has 0 heterocycles. The quantitative estimate of drug-likeness (QED) is 0.0422. The van der Waals surface area contributed by atoms with Crippen LogP contribution < -0.4 is 0 Å². The molecule has 1 atom stereocenters. The summed E-state index contributed by atoms with van der Waals surface area (Å²) >= 11 is 2.29. The maximum absolute atomic E-state index is 10.1. The number of esters is 2. The summed E-state index contributed by atoms with van der Waals surface area (Å²) in [5.41, 5.74) is 0. The highest BCUT2D eigenvalue weighted by Gasteiger charge is 2.08. The molecule has 0 radical (unpaired) electrons. The number of carbonyl (C=O) groups excluding carboxylic acids is 4. The maximum Gasteiger partial charge on any atom is 0.304 e. The molecule has 0 saturated carbocycles. The minimum atomic E-state index is -1.13. The molecule has 43 heavy (non-hydrogen) atoms. The molecule has 14 nitrogen and oxygen atoms in total. The number of aldehydes is 1. The Morgan fingerprint density at radius 3 is 1.05 bits per heavy atom. The fourth-order valence-electron chi connectivity index (χ4n) is 0.708. The van der Waals surface area contributed by atoms with Crippen LogP contribution in [0.5, 0.6) is 0 Å². The number of carbonyl (C=O) groups is 6. The Hall–Kier alpha value is -2.38. The van der Waals surface area contributed by atoms with Crippen LogP contribution in [0, 0.1) is 10.1 Å².